The Kier molecular flexibility index (Phi) is 6.60. The van der Waals surface area contributed by atoms with Gasteiger partial charge in [0.15, 0.2) is 16.7 Å². The van der Waals surface area contributed by atoms with Crippen molar-refractivity contribution in [2.45, 2.75) is 57.7 Å². The molecule has 2 fully saturated rings. The fourth-order valence-corrected chi connectivity index (χ4v) is 5.31. The molecule has 1 aliphatic heterocycles. The number of carbonyl (C=O) groups is 1. The van der Waals surface area contributed by atoms with Crippen molar-refractivity contribution in [1.82, 2.24) is 4.98 Å². The average Bonchev–Trinajstić information content (AvgIpc) is 3.44. The van der Waals surface area contributed by atoms with Gasteiger partial charge in [0.2, 0.25) is 0 Å². The number of thiazole rings is 1. The first-order valence-corrected chi connectivity index (χ1v) is 11.6. The van der Waals surface area contributed by atoms with E-state index in [-0.39, 0.29) is 28.1 Å². The van der Waals surface area contributed by atoms with Crippen LogP contribution in [0.3, 0.4) is 0 Å². The zero-order valence-electron chi connectivity index (χ0n) is 17.7. The predicted molar refractivity (Wildman–Crippen MR) is 115 cm³/mol. The SMILES string of the molecule is CC1CC[C@H](Oc2ccc(NC(=O)c3nc(N4CCCC4)sc3CC(F)(F)F)cc2F)C1. The average molecular weight is 472 g/mol. The Hall–Kier alpha value is -2.36. The number of alkyl halides is 3. The quantitative estimate of drug-likeness (QED) is 0.541. The highest BCUT2D eigenvalue weighted by Gasteiger charge is 2.33. The summed E-state index contributed by atoms with van der Waals surface area (Å²) < 4.78 is 59.4. The van der Waals surface area contributed by atoms with Crippen LogP contribution in [0, 0.1) is 11.7 Å². The van der Waals surface area contributed by atoms with Gasteiger partial charge in [0, 0.05) is 29.7 Å². The van der Waals surface area contributed by atoms with Crippen LogP contribution in [0.1, 0.15) is 54.4 Å². The summed E-state index contributed by atoms with van der Waals surface area (Å²) in [6.45, 7) is 3.53. The maximum Gasteiger partial charge on any atom is 0.393 e. The Morgan fingerprint density at radius 1 is 1.28 bits per heavy atom. The summed E-state index contributed by atoms with van der Waals surface area (Å²) in [5, 5.41) is 2.89. The Morgan fingerprint density at radius 2 is 2.03 bits per heavy atom. The molecule has 0 bridgehead atoms. The summed E-state index contributed by atoms with van der Waals surface area (Å²) in [7, 11) is 0. The van der Waals surface area contributed by atoms with Gasteiger partial charge in [0.25, 0.3) is 5.91 Å². The molecule has 32 heavy (non-hydrogen) atoms. The second-order valence-electron chi connectivity index (χ2n) is 8.51. The molecule has 5 nitrogen and oxygen atoms in total. The number of ether oxygens (including phenoxy) is 1. The molecule has 2 aliphatic rings. The van der Waals surface area contributed by atoms with E-state index in [1.165, 1.54) is 12.1 Å². The minimum absolute atomic E-state index is 0.0381. The molecule has 1 aromatic carbocycles. The van der Waals surface area contributed by atoms with Gasteiger partial charge in [-0.2, -0.15) is 13.2 Å². The van der Waals surface area contributed by atoms with Crippen LogP contribution < -0.4 is 15.0 Å². The monoisotopic (exact) mass is 471 g/mol. The number of rotatable bonds is 6. The van der Waals surface area contributed by atoms with Gasteiger partial charge in [0.1, 0.15) is 5.69 Å². The molecular weight excluding hydrogens is 446 g/mol. The maximum absolute atomic E-state index is 14.5. The number of aromatic nitrogens is 1. The van der Waals surface area contributed by atoms with E-state index in [1.54, 1.807) is 0 Å². The third kappa shape index (κ3) is 5.51. The van der Waals surface area contributed by atoms with Crippen LogP contribution in [0.15, 0.2) is 18.2 Å². The molecule has 1 N–H and O–H groups in total. The van der Waals surface area contributed by atoms with Gasteiger partial charge < -0.3 is 15.0 Å². The highest BCUT2D eigenvalue weighted by molar-refractivity contribution is 7.16. The second-order valence-corrected chi connectivity index (χ2v) is 9.57. The minimum Gasteiger partial charge on any atom is -0.487 e. The normalized spacial score (nSPS) is 21.2. The topological polar surface area (TPSA) is 54.5 Å². The molecule has 0 spiro atoms. The molecule has 1 amide bonds. The first-order chi connectivity index (χ1) is 15.2. The van der Waals surface area contributed by atoms with Gasteiger partial charge in [-0.15, -0.1) is 11.3 Å². The lowest BCUT2D eigenvalue weighted by Crippen LogP contribution is -2.19. The van der Waals surface area contributed by atoms with Crippen molar-refractivity contribution in [3.8, 4) is 5.75 Å². The zero-order chi connectivity index (χ0) is 22.9. The molecule has 1 unspecified atom stereocenters. The lowest BCUT2D eigenvalue weighted by Gasteiger charge is -2.15. The number of carbonyl (C=O) groups excluding carboxylic acids is 1. The van der Waals surface area contributed by atoms with Gasteiger partial charge in [-0.05, 0) is 50.2 Å². The standard InChI is InChI=1S/C22H25F4N3O2S/c1-13-4-6-15(10-13)31-17-7-5-14(11-16(17)23)27-20(30)19-18(12-22(24,25)26)32-21(28-19)29-8-2-3-9-29/h5,7,11,13,15H,2-4,6,8-10,12H2,1H3,(H,27,30)/t13?,15-/m0/s1. The van der Waals surface area contributed by atoms with Crippen molar-refractivity contribution >= 4 is 28.1 Å². The highest BCUT2D eigenvalue weighted by Crippen LogP contribution is 2.34. The fraction of sp³-hybridized carbons (Fsp3) is 0.545. The number of hydrogen-bond donors (Lipinski definition) is 1. The molecule has 1 aliphatic carbocycles. The fourth-order valence-electron chi connectivity index (χ4n) is 4.17. The van der Waals surface area contributed by atoms with Crippen molar-refractivity contribution in [2.75, 3.05) is 23.3 Å². The first-order valence-electron chi connectivity index (χ1n) is 10.8. The largest absolute Gasteiger partial charge is 0.487 e. The molecule has 1 saturated heterocycles. The Bertz CT molecular complexity index is 973. The number of amides is 1. The summed E-state index contributed by atoms with van der Waals surface area (Å²) in [6, 6.07) is 4.02. The Balaban J connectivity index is 1.49. The van der Waals surface area contributed by atoms with E-state index in [0.717, 1.165) is 49.5 Å². The number of hydrogen-bond acceptors (Lipinski definition) is 5. The Labute approximate surface area is 187 Å². The third-order valence-corrected chi connectivity index (χ3v) is 6.88. The molecule has 2 heterocycles. The lowest BCUT2D eigenvalue weighted by molar-refractivity contribution is -0.126. The lowest BCUT2D eigenvalue weighted by atomic mass is 10.1. The van der Waals surface area contributed by atoms with Crippen LogP contribution in [0.25, 0.3) is 0 Å². The molecule has 1 saturated carbocycles. The van der Waals surface area contributed by atoms with Crippen molar-refractivity contribution < 1.29 is 27.1 Å². The number of benzene rings is 1. The summed E-state index contributed by atoms with van der Waals surface area (Å²) in [5.41, 5.74) is -0.136. The van der Waals surface area contributed by atoms with Gasteiger partial charge in [-0.1, -0.05) is 6.92 Å². The molecule has 0 radical (unpaired) electrons. The number of nitrogens with one attached hydrogen (secondary N) is 1. The molecule has 2 aromatic rings. The van der Waals surface area contributed by atoms with Crippen LogP contribution in [0.2, 0.25) is 0 Å². The smallest absolute Gasteiger partial charge is 0.393 e. The first kappa shape index (κ1) is 22.8. The van der Waals surface area contributed by atoms with E-state index >= 15 is 0 Å². The molecule has 10 heteroatoms. The van der Waals surface area contributed by atoms with E-state index in [0.29, 0.717) is 24.1 Å². The zero-order valence-corrected chi connectivity index (χ0v) is 18.5. The van der Waals surface area contributed by atoms with E-state index in [9.17, 15) is 22.4 Å². The van der Waals surface area contributed by atoms with E-state index in [1.807, 2.05) is 4.90 Å². The van der Waals surface area contributed by atoms with Crippen LogP contribution in [-0.2, 0) is 6.42 Å². The van der Waals surface area contributed by atoms with Crippen molar-refractivity contribution in [3.63, 3.8) is 0 Å². The van der Waals surface area contributed by atoms with Gasteiger partial charge >= 0.3 is 6.18 Å². The molecule has 4 rings (SSSR count). The number of anilines is 2. The summed E-state index contributed by atoms with van der Waals surface area (Å²) >= 11 is 0.886. The molecule has 2 atom stereocenters. The van der Waals surface area contributed by atoms with E-state index < -0.39 is 24.3 Å². The van der Waals surface area contributed by atoms with Crippen LogP contribution in [0.4, 0.5) is 28.4 Å². The molecule has 1 aromatic heterocycles. The van der Waals surface area contributed by atoms with Crippen LogP contribution >= 0.6 is 11.3 Å². The van der Waals surface area contributed by atoms with E-state index in [4.69, 9.17) is 4.74 Å². The third-order valence-electron chi connectivity index (χ3n) is 5.77. The maximum atomic E-state index is 14.5. The van der Waals surface area contributed by atoms with Crippen LogP contribution in [-0.4, -0.2) is 36.3 Å². The number of nitrogens with zero attached hydrogens (tertiary/aromatic N) is 2. The van der Waals surface area contributed by atoms with Crippen molar-refractivity contribution in [3.05, 3.63) is 34.6 Å². The predicted octanol–water partition coefficient (Wildman–Crippen LogP) is 5.81. The van der Waals surface area contributed by atoms with Crippen LogP contribution in [0.5, 0.6) is 5.75 Å². The summed E-state index contributed by atoms with van der Waals surface area (Å²) in [6.07, 6.45) is -1.11. The van der Waals surface area contributed by atoms with Gasteiger partial charge in [-0.3, -0.25) is 4.79 Å². The Morgan fingerprint density at radius 3 is 2.66 bits per heavy atom. The summed E-state index contributed by atoms with van der Waals surface area (Å²) in [4.78, 5) is 18.7. The van der Waals surface area contributed by atoms with Crippen molar-refractivity contribution in [2.24, 2.45) is 5.92 Å². The summed E-state index contributed by atoms with van der Waals surface area (Å²) in [5.74, 6) is -0.779. The minimum atomic E-state index is -4.47. The van der Waals surface area contributed by atoms with E-state index in [2.05, 4.69) is 17.2 Å². The highest BCUT2D eigenvalue weighted by atomic mass is 32.1. The second kappa shape index (κ2) is 9.25. The number of halogens is 4. The van der Waals surface area contributed by atoms with Gasteiger partial charge in [-0.25, -0.2) is 9.37 Å². The molecular formula is C22H25F4N3O2S. The van der Waals surface area contributed by atoms with Gasteiger partial charge in [0.05, 0.1) is 12.5 Å². The van der Waals surface area contributed by atoms with Crippen molar-refractivity contribution in [1.29, 1.82) is 0 Å². The molecule has 174 valence electrons.